The molecule has 1 aromatic rings. The van der Waals surface area contributed by atoms with E-state index in [4.69, 9.17) is 0 Å². The van der Waals surface area contributed by atoms with Gasteiger partial charge < -0.3 is 0 Å². The van der Waals surface area contributed by atoms with Crippen molar-refractivity contribution < 1.29 is 9.59 Å². The van der Waals surface area contributed by atoms with Gasteiger partial charge in [0.25, 0.3) is 0 Å². The number of aromatic nitrogens is 2. The van der Waals surface area contributed by atoms with Crippen LogP contribution >= 0.6 is 0 Å². The van der Waals surface area contributed by atoms with Gasteiger partial charge in [0, 0.05) is 25.9 Å². The van der Waals surface area contributed by atoms with E-state index in [-0.39, 0.29) is 17.7 Å². The van der Waals surface area contributed by atoms with E-state index in [1.54, 1.807) is 12.4 Å². The lowest BCUT2D eigenvalue weighted by Crippen LogP contribution is -2.26. The molecule has 2 heterocycles. The zero-order chi connectivity index (χ0) is 10.8. The summed E-state index contributed by atoms with van der Waals surface area (Å²) in [6.07, 6.45) is 5.61. The van der Waals surface area contributed by atoms with Crippen molar-refractivity contribution in [3.63, 3.8) is 0 Å². The summed E-state index contributed by atoms with van der Waals surface area (Å²) in [4.78, 5) is 31.8. The first-order chi connectivity index (χ1) is 7.18. The number of rotatable bonds is 2. The second-order valence-corrected chi connectivity index (χ2v) is 3.64. The molecule has 15 heavy (non-hydrogen) atoms. The highest BCUT2D eigenvalue weighted by molar-refractivity contribution is 6.03. The molecule has 1 aliphatic rings. The van der Waals surface area contributed by atoms with Gasteiger partial charge in [0.2, 0.25) is 11.8 Å². The molecule has 2 amide bonds. The van der Waals surface area contributed by atoms with Crippen LogP contribution in [0.15, 0.2) is 18.7 Å². The first-order valence-corrected chi connectivity index (χ1v) is 4.73. The lowest BCUT2D eigenvalue weighted by atomic mass is 10.00. The third-order valence-electron chi connectivity index (χ3n) is 2.57. The van der Waals surface area contributed by atoms with Gasteiger partial charge in [-0.1, -0.05) is 0 Å². The molecule has 0 spiro atoms. The van der Waals surface area contributed by atoms with E-state index in [2.05, 4.69) is 9.97 Å². The van der Waals surface area contributed by atoms with Crippen LogP contribution in [-0.4, -0.2) is 33.7 Å². The molecule has 2 rings (SSSR count). The van der Waals surface area contributed by atoms with Gasteiger partial charge in [0.05, 0.1) is 5.92 Å². The maximum absolute atomic E-state index is 11.6. The van der Waals surface area contributed by atoms with Crippen molar-refractivity contribution in [2.45, 2.75) is 12.8 Å². The molecule has 5 nitrogen and oxygen atoms in total. The Kier molecular flexibility index (Phi) is 2.45. The average molecular weight is 205 g/mol. The molecule has 78 valence electrons. The highest BCUT2D eigenvalue weighted by Crippen LogP contribution is 2.21. The smallest absolute Gasteiger partial charge is 0.232 e. The molecule has 0 aromatic carbocycles. The van der Waals surface area contributed by atoms with Crippen LogP contribution in [0.3, 0.4) is 0 Å². The summed E-state index contributed by atoms with van der Waals surface area (Å²) in [5.41, 5.74) is 0.888. The van der Waals surface area contributed by atoms with E-state index < -0.39 is 0 Å². The molecule has 1 aliphatic heterocycles. The number of carbonyl (C=O) groups excluding carboxylic acids is 2. The lowest BCUT2D eigenvalue weighted by molar-refractivity contribution is -0.137. The minimum atomic E-state index is -0.242. The van der Waals surface area contributed by atoms with Gasteiger partial charge in [-0.2, -0.15) is 0 Å². The van der Waals surface area contributed by atoms with Crippen molar-refractivity contribution >= 4 is 11.8 Å². The van der Waals surface area contributed by atoms with Crippen LogP contribution in [0.2, 0.25) is 0 Å². The fourth-order valence-electron chi connectivity index (χ4n) is 1.71. The summed E-state index contributed by atoms with van der Waals surface area (Å²) in [5.74, 6) is -0.459. The molecule has 0 aliphatic carbocycles. The van der Waals surface area contributed by atoms with Gasteiger partial charge >= 0.3 is 0 Å². The van der Waals surface area contributed by atoms with Gasteiger partial charge in [-0.25, -0.2) is 9.97 Å². The lowest BCUT2D eigenvalue weighted by Gasteiger charge is -2.07. The van der Waals surface area contributed by atoms with Crippen molar-refractivity contribution in [2.75, 3.05) is 7.05 Å². The van der Waals surface area contributed by atoms with E-state index in [1.807, 2.05) is 0 Å². The van der Waals surface area contributed by atoms with Crippen LogP contribution in [0, 0.1) is 5.92 Å². The van der Waals surface area contributed by atoms with E-state index in [0.29, 0.717) is 12.8 Å². The highest BCUT2D eigenvalue weighted by atomic mass is 16.2. The van der Waals surface area contributed by atoms with Crippen LogP contribution in [0.5, 0.6) is 0 Å². The van der Waals surface area contributed by atoms with Gasteiger partial charge in [-0.3, -0.25) is 14.5 Å². The number of nitrogens with zero attached hydrogens (tertiary/aromatic N) is 3. The van der Waals surface area contributed by atoms with Crippen molar-refractivity contribution in [3.05, 3.63) is 24.3 Å². The maximum atomic E-state index is 11.6. The normalized spacial score (nSPS) is 21.1. The molecule has 1 unspecified atom stereocenters. The molecule has 5 heteroatoms. The summed E-state index contributed by atoms with van der Waals surface area (Å²) in [6, 6.07) is 0. The predicted octanol–water partition coefficient (Wildman–Crippen LogP) is 0.0240. The first kappa shape index (κ1) is 9.76. The standard InChI is InChI=1S/C10H11N3O2/c1-13-9(14)3-8(10(13)15)2-7-4-11-6-12-5-7/h4-6,8H,2-3H2,1H3. The third kappa shape index (κ3) is 1.86. The second kappa shape index (κ2) is 3.76. The first-order valence-electron chi connectivity index (χ1n) is 4.73. The maximum Gasteiger partial charge on any atom is 0.232 e. The van der Waals surface area contributed by atoms with Crippen LogP contribution in [0.4, 0.5) is 0 Å². The number of hydrogen-bond acceptors (Lipinski definition) is 4. The number of amides is 2. The minimum Gasteiger partial charge on any atom is -0.285 e. The van der Waals surface area contributed by atoms with Gasteiger partial charge in [-0.15, -0.1) is 0 Å². The number of hydrogen-bond donors (Lipinski definition) is 0. The summed E-state index contributed by atoms with van der Waals surface area (Å²) < 4.78 is 0. The van der Waals surface area contributed by atoms with E-state index in [0.717, 1.165) is 5.56 Å². The Labute approximate surface area is 87.1 Å². The number of likely N-dealkylation sites (tertiary alicyclic amines) is 1. The van der Waals surface area contributed by atoms with Gasteiger partial charge in [-0.05, 0) is 12.0 Å². The van der Waals surface area contributed by atoms with Crippen molar-refractivity contribution in [2.24, 2.45) is 5.92 Å². The third-order valence-corrected chi connectivity index (χ3v) is 2.57. The van der Waals surface area contributed by atoms with Crippen LogP contribution < -0.4 is 0 Å². The Morgan fingerprint density at radius 3 is 2.60 bits per heavy atom. The average Bonchev–Trinajstić information content (AvgIpc) is 2.48. The SMILES string of the molecule is CN1C(=O)CC(Cc2cncnc2)C1=O. The molecule has 1 aromatic heterocycles. The molecule has 0 saturated carbocycles. The summed E-state index contributed by atoms with van der Waals surface area (Å²) >= 11 is 0. The van der Waals surface area contributed by atoms with Crippen LogP contribution in [-0.2, 0) is 16.0 Å². The Hall–Kier alpha value is -1.78. The monoisotopic (exact) mass is 205 g/mol. The zero-order valence-corrected chi connectivity index (χ0v) is 8.38. The molecule has 1 saturated heterocycles. The van der Waals surface area contributed by atoms with E-state index >= 15 is 0 Å². The Bertz CT molecular complexity index is 391. The second-order valence-electron chi connectivity index (χ2n) is 3.64. The minimum absolute atomic E-state index is 0.108. The Morgan fingerprint density at radius 1 is 1.40 bits per heavy atom. The molecule has 1 fully saturated rings. The number of imide groups is 1. The van der Waals surface area contributed by atoms with Gasteiger partial charge in [0.1, 0.15) is 6.33 Å². The van der Waals surface area contributed by atoms with E-state index in [1.165, 1.54) is 18.3 Å². The predicted molar refractivity (Wildman–Crippen MR) is 51.6 cm³/mol. The molecule has 0 N–H and O–H groups in total. The molecular weight excluding hydrogens is 194 g/mol. The Balaban J connectivity index is 2.09. The van der Waals surface area contributed by atoms with E-state index in [9.17, 15) is 9.59 Å². The molecule has 0 radical (unpaired) electrons. The number of carbonyl (C=O) groups is 2. The van der Waals surface area contributed by atoms with Crippen molar-refractivity contribution in [1.29, 1.82) is 0 Å². The summed E-state index contributed by atoms with van der Waals surface area (Å²) in [5, 5.41) is 0. The molecule has 1 atom stereocenters. The largest absolute Gasteiger partial charge is 0.285 e. The van der Waals surface area contributed by atoms with Crippen molar-refractivity contribution in [1.82, 2.24) is 14.9 Å². The summed E-state index contributed by atoms with van der Waals surface area (Å²) in [6.45, 7) is 0. The van der Waals surface area contributed by atoms with Gasteiger partial charge in [0.15, 0.2) is 0 Å². The summed E-state index contributed by atoms with van der Waals surface area (Å²) in [7, 11) is 1.52. The zero-order valence-electron chi connectivity index (χ0n) is 8.38. The Morgan fingerprint density at radius 2 is 2.07 bits per heavy atom. The highest BCUT2D eigenvalue weighted by Gasteiger charge is 2.35. The molecule has 0 bridgehead atoms. The fourth-order valence-corrected chi connectivity index (χ4v) is 1.71. The quantitative estimate of drug-likeness (QED) is 0.639. The topological polar surface area (TPSA) is 63.2 Å². The van der Waals surface area contributed by atoms with Crippen LogP contribution in [0.1, 0.15) is 12.0 Å². The van der Waals surface area contributed by atoms with Crippen LogP contribution in [0.25, 0.3) is 0 Å². The fraction of sp³-hybridized carbons (Fsp3) is 0.400. The molecular formula is C10H11N3O2. The van der Waals surface area contributed by atoms with Crippen molar-refractivity contribution in [3.8, 4) is 0 Å².